The number of primary amides is 1. The fourth-order valence-corrected chi connectivity index (χ4v) is 4.89. The second-order valence-electron chi connectivity index (χ2n) is 8.43. The first-order valence-electron chi connectivity index (χ1n) is 9.40. The Morgan fingerprint density at radius 3 is 2.04 bits per heavy atom. The molecule has 2 bridgehead atoms. The van der Waals surface area contributed by atoms with Crippen LogP contribution in [0.2, 0.25) is 0 Å². The van der Waals surface area contributed by atoms with Crippen molar-refractivity contribution in [3.05, 3.63) is 0 Å². The van der Waals surface area contributed by atoms with Crippen molar-refractivity contribution in [2.75, 3.05) is 26.2 Å². The van der Waals surface area contributed by atoms with E-state index >= 15 is 0 Å². The van der Waals surface area contributed by atoms with Crippen LogP contribution in [0.1, 0.15) is 46.0 Å². The summed E-state index contributed by atoms with van der Waals surface area (Å²) in [6.45, 7) is 6.51. The van der Waals surface area contributed by atoms with E-state index in [0.717, 1.165) is 12.8 Å². The van der Waals surface area contributed by atoms with Crippen molar-refractivity contribution in [1.29, 1.82) is 0 Å². The van der Waals surface area contributed by atoms with Gasteiger partial charge < -0.3 is 16.4 Å². The van der Waals surface area contributed by atoms with Gasteiger partial charge in [0.25, 0.3) is 0 Å². The summed E-state index contributed by atoms with van der Waals surface area (Å²) < 4.78 is 0. The Bertz CT molecular complexity index is 485. The standard InChI is InChI=1S/C18H32N4O2/c1-18(2,17(20)24)22-8-6-21(7-9-22)16(23)14-10-12-4-3-5-13(11-14)15(12)19/h12-15H,3-11,19H2,1-2H3,(H2,20,24). The summed E-state index contributed by atoms with van der Waals surface area (Å²) in [7, 11) is 0. The topological polar surface area (TPSA) is 92.7 Å². The molecule has 0 spiro atoms. The maximum absolute atomic E-state index is 13.0. The molecule has 4 N–H and O–H groups in total. The molecule has 3 fully saturated rings. The van der Waals surface area contributed by atoms with Crippen LogP contribution in [0.15, 0.2) is 0 Å². The lowest BCUT2D eigenvalue weighted by Gasteiger charge is -2.46. The predicted octanol–water partition coefficient (Wildman–Crippen LogP) is 0.548. The highest BCUT2D eigenvalue weighted by Gasteiger charge is 2.42. The summed E-state index contributed by atoms with van der Waals surface area (Å²) in [5, 5.41) is 0. The van der Waals surface area contributed by atoms with Crippen LogP contribution in [0.3, 0.4) is 0 Å². The van der Waals surface area contributed by atoms with E-state index in [1.54, 1.807) is 0 Å². The number of nitrogens with zero attached hydrogens (tertiary/aromatic N) is 2. The highest BCUT2D eigenvalue weighted by Crippen LogP contribution is 2.42. The van der Waals surface area contributed by atoms with Crippen molar-refractivity contribution in [2.45, 2.75) is 57.5 Å². The average Bonchev–Trinajstić information content (AvgIpc) is 2.54. The minimum absolute atomic E-state index is 0.149. The molecule has 24 heavy (non-hydrogen) atoms. The van der Waals surface area contributed by atoms with Crippen LogP contribution in [-0.4, -0.2) is 59.4 Å². The van der Waals surface area contributed by atoms with Crippen LogP contribution in [0.4, 0.5) is 0 Å². The molecule has 3 aliphatic rings. The van der Waals surface area contributed by atoms with Gasteiger partial charge in [-0.2, -0.15) is 0 Å². The van der Waals surface area contributed by atoms with Gasteiger partial charge in [0.05, 0.1) is 5.54 Å². The van der Waals surface area contributed by atoms with Gasteiger partial charge in [-0.15, -0.1) is 0 Å². The van der Waals surface area contributed by atoms with E-state index in [9.17, 15) is 9.59 Å². The third kappa shape index (κ3) is 3.18. The zero-order valence-electron chi connectivity index (χ0n) is 15.0. The maximum Gasteiger partial charge on any atom is 0.237 e. The Kier molecular flexibility index (Phi) is 4.89. The van der Waals surface area contributed by atoms with E-state index in [1.807, 2.05) is 18.7 Å². The third-order valence-electron chi connectivity index (χ3n) is 6.75. The van der Waals surface area contributed by atoms with E-state index in [0.29, 0.717) is 50.0 Å². The number of piperazine rings is 1. The van der Waals surface area contributed by atoms with Crippen molar-refractivity contribution < 1.29 is 9.59 Å². The van der Waals surface area contributed by atoms with Gasteiger partial charge in [-0.25, -0.2) is 0 Å². The molecule has 3 rings (SSSR count). The third-order valence-corrected chi connectivity index (χ3v) is 6.75. The summed E-state index contributed by atoms with van der Waals surface area (Å²) in [5.41, 5.74) is 11.2. The van der Waals surface area contributed by atoms with Crippen LogP contribution in [0.25, 0.3) is 0 Å². The Morgan fingerprint density at radius 1 is 1.00 bits per heavy atom. The minimum Gasteiger partial charge on any atom is -0.368 e. The van der Waals surface area contributed by atoms with E-state index in [4.69, 9.17) is 11.5 Å². The Hall–Kier alpha value is -1.14. The lowest BCUT2D eigenvalue weighted by atomic mass is 9.65. The Labute approximate surface area is 144 Å². The monoisotopic (exact) mass is 336 g/mol. The second kappa shape index (κ2) is 6.64. The summed E-state index contributed by atoms with van der Waals surface area (Å²) in [6.07, 6.45) is 5.56. The van der Waals surface area contributed by atoms with Crippen LogP contribution >= 0.6 is 0 Å². The van der Waals surface area contributed by atoms with E-state index in [-0.39, 0.29) is 11.8 Å². The van der Waals surface area contributed by atoms with Gasteiger partial charge in [-0.3, -0.25) is 14.5 Å². The van der Waals surface area contributed by atoms with Crippen molar-refractivity contribution in [2.24, 2.45) is 29.2 Å². The van der Waals surface area contributed by atoms with Crippen molar-refractivity contribution in [1.82, 2.24) is 9.80 Å². The van der Waals surface area contributed by atoms with Gasteiger partial charge in [-0.05, 0) is 51.4 Å². The quantitative estimate of drug-likeness (QED) is 0.787. The zero-order valence-corrected chi connectivity index (χ0v) is 15.0. The number of hydrogen-bond donors (Lipinski definition) is 2. The first kappa shape index (κ1) is 17.7. The summed E-state index contributed by atoms with van der Waals surface area (Å²) in [4.78, 5) is 28.6. The normalized spacial score (nSPS) is 34.9. The van der Waals surface area contributed by atoms with Crippen LogP contribution in [-0.2, 0) is 9.59 Å². The first-order valence-corrected chi connectivity index (χ1v) is 9.40. The Balaban J connectivity index is 1.57. The molecule has 1 heterocycles. The maximum atomic E-state index is 13.0. The number of fused-ring (bicyclic) bond motifs is 2. The molecule has 2 amide bonds. The number of amides is 2. The molecule has 0 aromatic heterocycles. The number of carbonyl (C=O) groups excluding carboxylic acids is 2. The lowest BCUT2D eigenvalue weighted by molar-refractivity contribution is -0.142. The van der Waals surface area contributed by atoms with E-state index < -0.39 is 5.54 Å². The van der Waals surface area contributed by atoms with Crippen molar-refractivity contribution in [3.8, 4) is 0 Å². The fraction of sp³-hybridized carbons (Fsp3) is 0.889. The van der Waals surface area contributed by atoms with Gasteiger partial charge in [0, 0.05) is 38.1 Å². The highest BCUT2D eigenvalue weighted by molar-refractivity contribution is 5.83. The SMILES string of the molecule is CC(C)(C(N)=O)N1CCN(C(=O)C2CC3CCCC(C2)C3N)CC1. The summed E-state index contributed by atoms with van der Waals surface area (Å²) in [5.74, 6) is 1.20. The van der Waals surface area contributed by atoms with Crippen LogP contribution < -0.4 is 11.5 Å². The highest BCUT2D eigenvalue weighted by atomic mass is 16.2. The molecule has 136 valence electrons. The van der Waals surface area contributed by atoms with Crippen LogP contribution in [0.5, 0.6) is 0 Å². The second-order valence-corrected chi connectivity index (χ2v) is 8.43. The number of carbonyl (C=O) groups is 2. The van der Waals surface area contributed by atoms with Gasteiger partial charge >= 0.3 is 0 Å². The zero-order chi connectivity index (χ0) is 17.5. The molecule has 0 aromatic carbocycles. The molecule has 2 unspecified atom stereocenters. The molecule has 1 saturated heterocycles. The Morgan fingerprint density at radius 2 is 1.54 bits per heavy atom. The number of rotatable bonds is 3. The molecule has 0 radical (unpaired) electrons. The molecule has 1 aliphatic heterocycles. The number of nitrogens with two attached hydrogens (primary N) is 2. The molecule has 2 atom stereocenters. The molecule has 6 nitrogen and oxygen atoms in total. The van der Waals surface area contributed by atoms with E-state index in [2.05, 4.69) is 4.90 Å². The van der Waals surface area contributed by atoms with Gasteiger partial charge in [0.1, 0.15) is 0 Å². The molecular weight excluding hydrogens is 304 g/mol. The van der Waals surface area contributed by atoms with Gasteiger partial charge in [0.15, 0.2) is 0 Å². The summed E-state index contributed by atoms with van der Waals surface area (Å²) >= 11 is 0. The first-order chi connectivity index (χ1) is 11.3. The largest absolute Gasteiger partial charge is 0.368 e. The van der Waals surface area contributed by atoms with Crippen molar-refractivity contribution in [3.63, 3.8) is 0 Å². The minimum atomic E-state index is -0.649. The molecule has 0 aromatic rings. The predicted molar refractivity (Wildman–Crippen MR) is 93.0 cm³/mol. The molecule has 2 aliphatic carbocycles. The fourth-order valence-electron chi connectivity index (χ4n) is 4.89. The molecule has 6 heteroatoms. The summed E-state index contributed by atoms with van der Waals surface area (Å²) in [6, 6.07) is 0.302. The lowest BCUT2D eigenvalue weighted by Crippen LogP contribution is -2.61. The number of hydrogen-bond acceptors (Lipinski definition) is 4. The van der Waals surface area contributed by atoms with E-state index in [1.165, 1.54) is 19.3 Å². The van der Waals surface area contributed by atoms with Crippen molar-refractivity contribution >= 4 is 11.8 Å². The molecule has 2 saturated carbocycles. The van der Waals surface area contributed by atoms with Crippen LogP contribution in [0, 0.1) is 17.8 Å². The molecular formula is C18H32N4O2. The average molecular weight is 336 g/mol. The van der Waals surface area contributed by atoms with Gasteiger partial charge in [-0.1, -0.05) is 6.42 Å². The van der Waals surface area contributed by atoms with Gasteiger partial charge in [0.2, 0.25) is 11.8 Å². The smallest absolute Gasteiger partial charge is 0.237 e.